The smallest absolute Gasteiger partial charge is 0.174 e. The summed E-state index contributed by atoms with van der Waals surface area (Å²) in [4.78, 5) is 25.3. The van der Waals surface area contributed by atoms with Gasteiger partial charge in [-0.3, -0.25) is 29.9 Å². The predicted octanol–water partition coefficient (Wildman–Crippen LogP) is 11.8. The second-order valence-electron chi connectivity index (χ2n) is 30.8. The molecule has 6 aromatic carbocycles. The number of pyridine rings is 6. The molecule has 119 heavy (non-hydrogen) atoms. The first-order valence-corrected chi connectivity index (χ1v) is 40.3. The molecule has 0 radical (unpaired) electrons. The average molecular weight is 1660 g/mol. The lowest BCUT2D eigenvalue weighted by molar-refractivity contribution is -0.128. The van der Waals surface area contributed by atoms with E-state index in [1.165, 1.54) is 0 Å². The lowest BCUT2D eigenvalue weighted by Gasteiger charge is -2.42. The van der Waals surface area contributed by atoms with Crippen LogP contribution in [-0.2, 0) is 53.2 Å². The molecule has 3 saturated carbocycles. The number of hydrogen-bond donors (Lipinski definition) is 9. The number of methoxy groups -OCH3 is 3. The average Bonchev–Trinajstić information content (AvgIpc) is 1.51. The minimum Gasteiger partial charge on any atom is -0.495 e. The summed E-state index contributed by atoms with van der Waals surface area (Å²) >= 11 is 3.55. The number of aliphatic hydroxyl groups excluding tert-OH is 3. The monoisotopic (exact) mass is 1660 g/mol. The van der Waals surface area contributed by atoms with Gasteiger partial charge in [0.1, 0.15) is 51.3 Å². The third kappa shape index (κ3) is 13.5. The second kappa shape index (κ2) is 34.2. The Bertz CT molecular complexity index is 5350. The fourth-order valence-electron chi connectivity index (χ4n) is 20.5. The van der Waals surface area contributed by atoms with Gasteiger partial charge in [0.25, 0.3) is 0 Å². The van der Waals surface area contributed by atoms with Crippen LogP contribution in [0.5, 0.6) is 34.5 Å². The second-order valence-corrected chi connectivity index (χ2v) is 31.7. The summed E-state index contributed by atoms with van der Waals surface area (Å²) in [6, 6.07) is 68.0. The highest BCUT2D eigenvalue weighted by molar-refractivity contribution is 9.10. The van der Waals surface area contributed by atoms with Gasteiger partial charge in [0, 0.05) is 154 Å². The van der Waals surface area contributed by atoms with Gasteiger partial charge in [-0.2, -0.15) is 10.5 Å². The fraction of sp³-hybridized carbons (Fsp3) is 0.284. The van der Waals surface area contributed by atoms with Gasteiger partial charge < -0.3 is 75.0 Å². The van der Waals surface area contributed by atoms with E-state index in [0.717, 1.165) is 43.4 Å². The number of benzene rings is 6. The molecular weight excluding hydrogens is 1570 g/mol. The third-order valence-electron chi connectivity index (χ3n) is 25.3. The van der Waals surface area contributed by atoms with E-state index in [-0.39, 0.29) is 43.5 Å². The molecule has 6 aliphatic rings. The molecule has 0 spiro atoms. The summed E-state index contributed by atoms with van der Waals surface area (Å²) in [5.74, 6) is -1.15. The van der Waals surface area contributed by atoms with Crippen molar-refractivity contribution in [2.75, 3.05) is 60.8 Å². The predicted molar refractivity (Wildman–Crippen MR) is 445 cm³/mol. The number of aromatic nitrogens is 6. The van der Waals surface area contributed by atoms with Crippen molar-refractivity contribution in [1.29, 1.82) is 10.5 Å². The molecule has 3 aliphatic heterocycles. The van der Waals surface area contributed by atoms with Crippen LogP contribution in [-0.4, -0.2) is 121 Å². The normalized spacial score (nSPS) is 26.6. The Morgan fingerprint density at radius 2 is 0.639 bits per heavy atom. The number of aliphatic hydroxyl groups is 6. The van der Waals surface area contributed by atoms with Gasteiger partial charge in [-0.1, -0.05) is 143 Å². The topological polar surface area (TPSA) is 338 Å². The first-order chi connectivity index (χ1) is 58.2. The van der Waals surface area contributed by atoms with Gasteiger partial charge in [-0.15, -0.1) is 0 Å². The van der Waals surface area contributed by atoms with Crippen molar-refractivity contribution < 1.29 is 59.1 Å². The molecule has 0 unspecified atom stereocenters. The van der Waals surface area contributed by atoms with Crippen molar-refractivity contribution in [3.63, 3.8) is 0 Å². The van der Waals surface area contributed by atoms with Crippen LogP contribution in [0.25, 0.3) is 0 Å². The standard InChI is InChI=1S/2C32H30N4O4.C31H30BrN3O4/c2*1-39-27-18-36-19-28-30(27)31(38)26(17-35-16-22-11-13-34-14-12-22)25(20-37)29(23-5-3-2-4-6-23)32(31,40-28)24-9-7-21(15-33)8-10-24;1-38-26-17-35-18-27-29(26)30(37)25(16-34-15-20-11-13-33-14-12-20)24(19-36)28(21-5-3-2-4-6-21)31(30,39-27)22-7-9-23(32)10-8-22/h2*2-14,18-19,25-26,29,35,37-38H,16-17,20H2,1H3;2-14,17-18,24-25,28,34,36-37H,15-16,19H2,1H3/t2*25-,26-,29+,31+,32-;24-,25-,28+,30+,31-/m000/s1. The third-order valence-corrected chi connectivity index (χ3v) is 25.8. The largest absolute Gasteiger partial charge is 0.495 e. The molecule has 3 aliphatic carbocycles. The van der Waals surface area contributed by atoms with Crippen LogP contribution < -0.4 is 44.4 Å². The zero-order valence-electron chi connectivity index (χ0n) is 65.6. The maximum atomic E-state index is 13.3. The molecule has 9 heterocycles. The van der Waals surface area contributed by atoms with Crippen LogP contribution >= 0.6 is 15.9 Å². The number of halogens is 1. The maximum absolute atomic E-state index is 13.3. The van der Waals surface area contributed by atoms with Gasteiger partial charge in [0.05, 0.1) is 98.5 Å². The van der Waals surface area contributed by atoms with Crippen LogP contribution in [0.15, 0.2) is 279 Å². The van der Waals surface area contributed by atoms with Crippen LogP contribution in [0.3, 0.4) is 0 Å². The Morgan fingerprint density at radius 1 is 0.370 bits per heavy atom. The Kier molecular flexibility index (Phi) is 23.3. The number of nitriles is 2. The molecule has 18 rings (SSSR count). The molecule has 23 nitrogen and oxygen atoms in total. The molecular formula is C95H90BrN11O12. The van der Waals surface area contributed by atoms with Crippen LogP contribution in [0.2, 0.25) is 0 Å². The zero-order valence-corrected chi connectivity index (χ0v) is 67.2. The fourth-order valence-corrected chi connectivity index (χ4v) is 20.8. The summed E-state index contributed by atoms with van der Waals surface area (Å²) < 4.78 is 38.9. The van der Waals surface area contributed by atoms with Crippen LogP contribution in [0.4, 0.5) is 0 Å². The Labute approximate surface area is 698 Å². The molecule has 0 saturated heterocycles. The molecule has 6 aromatic heterocycles. The molecule has 24 heteroatoms. The number of nitrogens with zero attached hydrogens (tertiary/aromatic N) is 8. The summed E-state index contributed by atoms with van der Waals surface area (Å²) in [5.41, 5.74) is 2.16. The van der Waals surface area contributed by atoms with E-state index in [0.29, 0.717) is 113 Å². The van der Waals surface area contributed by atoms with Crippen molar-refractivity contribution in [3.05, 3.63) is 357 Å². The van der Waals surface area contributed by atoms with E-state index < -0.39 is 63.2 Å². The Balaban J connectivity index is 0.000000133. The Hall–Kier alpha value is -11.9. The van der Waals surface area contributed by atoms with Gasteiger partial charge in [0.2, 0.25) is 0 Å². The van der Waals surface area contributed by atoms with E-state index in [1.54, 1.807) is 120 Å². The number of ether oxygens (including phenoxy) is 6. The highest BCUT2D eigenvalue weighted by Crippen LogP contribution is 2.75. The first-order valence-electron chi connectivity index (χ1n) is 39.6. The number of fused-ring (bicyclic) bond motifs is 9. The van der Waals surface area contributed by atoms with Crippen molar-refractivity contribution in [3.8, 4) is 46.6 Å². The van der Waals surface area contributed by atoms with Crippen molar-refractivity contribution in [2.24, 2.45) is 35.5 Å². The lowest BCUT2D eigenvalue weighted by Crippen LogP contribution is -2.52. The van der Waals surface area contributed by atoms with Crippen LogP contribution in [0, 0.1) is 58.2 Å². The van der Waals surface area contributed by atoms with E-state index in [4.69, 9.17) is 28.4 Å². The highest BCUT2D eigenvalue weighted by atomic mass is 79.9. The van der Waals surface area contributed by atoms with Gasteiger partial charge >= 0.3 is 0 Å². The van der Waals surface area contributed by atoms with Crippen molar-refractivity contribution in [2.45, 2.75) is 71.0 Å². The van der Waals surface area contributed by atoms with E-state index in [1.807, 2.05) is 176 Å². The number of hydrogen-bond acceptors (Lipinski definition) is 23. The summed E-state index contributed by atoms with van der Waals surface area (Å²) in [6.45, 7) is 2.45. The zero-order chi connectivity index (χ0) is 82.5. The minimum absolute atomic E-state index is 0.131. The highest BCUT2D eigenvalue weighted by Gasteiger charge is 2.79. The molecule has 3 fully saturated rings. The summed E-state index contributed by atoms with van der Waals surface area (Å²) in [7, 11) is 4.67. The molecule has 9 N–H and O–H groups in total. The molecule has 0 amide bonds. The summed E-state index contributed by atoms with van der Waals surface area (Å²) in [5, 5.41) is 102. The van der Waals surface area contributed by atoms with Crippen molar-refractivity contribution in [1.82, 2.24) is 45.9 Å². The SMILES string of the molecule is COc1cncc2c1[C@]1(O)[C@@H](CNCc3ccncc3)[C@H](CO)[C@@H](c3ccccc3)[C@]1(c1ccc(Br)cc1)O2.COc1cncc2c1[C@]1(O)[C@@H](CNCc3ccncc3)[C@H](CO)[C@@H](c3ccccc3)[C@]1(c1ccc(C#N)cc1)O2.COc1cncc2c1[C@]1(O)[C@@H](CNCc3ccncc3)[C@H](CO)[C@@H](c3ccccc3)[C@]1(c1ccc(C#N)cc1)O2. The van der Waals surface area contributed by atoms with E-state index in [9.17, 15) is 41.2 Å². The van der Waals surface area contributed by atoms with Crippen LogP contribution in [0.1, 0.15) is 95.6 Å². The molecule has 604 valence electrons. The maximum Gasteiger partial charge on any atom is 0.174 e. The van der Waals surface area contributed by atoms with E-state index >= 15 is 0 Å². The Morgan fingerprint density at radius 3 is 0.891 bits per heavy atom. The van der Waals surface area contributed by atoms with Crippen molar-refractivity contribution >= 4 is 15.9 Å². The van der Waals surface area contributed by atoms with Gasteiger partial charge in [0.15, 0.2) is 16.8 Å². The molecule has 0 bridgehead atoms. The first kappa shape index (κ1) is 80.9. The van der Waals surface area contributed by atoms with Gasteiger partial charge in [-0.25, -0.2) is 0 Å². The number of nitrogens with one attached hydrogen (secondary N) is 3. The minimum atomic E-state index is -1.62. The van der Waals surface area contributed by atoms with E-state index in [2.05, 4.69) is 73.9 Å². The number of rotatable bonds is 24. The lowest BCUT2D eigenvalue weighted by atomic mass is 9.69. The molecule has 15 atom stereocenters. The van der Waals surface area contributed by atoms with Gasteiger partial charge in [-0.05, 0) is 123 Å². The quantitative estimate of drug-likeness (QED) is 0.0271. The molecule has 12 aromatic rings. The summed E-state index contributed by atoms with van der Waals surface area (Å²) in [6.07, 6.45) is 20.2.